The molecule has 0 saturated carbocycles. The summed E-state index contributed by atoms with van der Waals surface area (Å²) in [6.07, 6.45) is 6.61. The van der Waals surface area contributed by atoms with Gasteiger partial charge in [0, 0.05) is 13.0 Å². The van der Waals surface area contributed by atoms with Gasteiger partial charge in [0.1, 0.15) is 5.70 Å². The lowest BCUT2D eigenvalue weighted by Gasteiger charge is -2.09. The predicted molar refractivity (Wildman–Crippen MR) is 47.6 cm³/mol. The second-order valence-corrected chi connectivity index (χ2v) is 2.61. The first-order chi connectivity index (χ1) is 6.34. The summed E-state index contributed by atoms with van der Waals surface area (Å²) in [5, 5.41) is 11.2. The SMILES string of the molecule is O=C(OCCCO)C1=CCC=CN1. The Hall–Kier alpha value is -1.29. The Balaban J connectivity index is 2.26. The van der Waals surface area contributed by atoms with Crippen LogP contribution in [0.1, 0.15) is 12.8 Å². The van der Waals surface area contributed by atoms with E-state index in [-0.39, 0.29) is 19.2 Å². The van der Waals surface area contributed by atoms with Crippen molar-refractivity contribution in [2.45, 2.75) is 12.8 Å². The molecular formula is C9H13NO3. The average Bonchev–Trinajstić information content (AvgIpc) is 2.19. The van der Waals surface area contributed by atoms with E-state index in [1.165, 1.54) is 0 Å². The van der Waals surface area contributed by atoms with Gasteiger partial charge in [-0.05, 0) is 18.7 Å². The van der Waals surface area contributed by atoms with E-state index in [0.717, 1.165) is 6.42 Å². The standard InChI is InChI=1S/C9H13NO3/c11-6-3-7-13-9(12)8-4-1-2-5-10-8/h2,4-5,10-11H,1,3,6-7H2. The highest BCUT2D eigenvalue weighted by molar-refractivity contribution is 5.88. The number of dihydropyridines is 1. The van der Waals surface area contributed by atoms with Crippen molar-refractivity contribution in [3.8, 4) is 0 Å². The quantitative estimate of drug-likeness (QED) is 0.486. The fourth-order valence-corrected chi connectivity index (χ4v) is 0.911. The fourth-order valence-electron chi connectivity index (χ4n) is 0.911. The molecule has 0 spiro atoms. The minimum absolute atomic E-state index is 0.0413. The molecule has 13 heavy (non-hydrogen) atoms. The van der Waals surface area contributed by atoms with Crippen LogP contribution in [0.5, 0.6) is 0 Å². The largest absolute Gasteiger partial charge is 0.461 e. The normalized spacial score (nSPS) is 14.7. The first-order valence-electron chi connectivity index (χ1n) is 4.24. The van der Waals surface area contributed by atoms with Gasteiger partial charge in [0.15, 0.2) is 0 Å². The summed E-state index contributed by atoms with van der Waals surface area (Å²) >= 11 is 0. The number of nitrogens with one attached hydrogen (secondary N) is 1. The molecule has 0 radical (unpaired) electrons. The molecule has 0 atom stereocenters. The van der Waals surface area contributed by atoms with Gasteiger partial charge in [0.05, 0.1) is 6.61 Å². The molecule has 1 aliphatic heterocycles. The maximum atomic E-state index is 11.2. The van der Waals surface area contributed by atoms with E-state index < -0.39 is 0 Å². The number of carbonyl (C=O) groups is 1. The van der Waals surface area contributed by atoms with Gasteiger partial charge in [-0.25, -0.2) is 4.79 Å². The number of carbonyl (C=O) groups excluding carboxylic acids is 1. The molecule has 0 bridgehead atoms. The molecule has 4 nitrogen and oxygen atoms in total. The van der Waals surface area contributed by atoms with Crippen molar-refractivity contribution in [2.24, 2.45) is 0 Å². The average molecular weight is 183 g/mol. The smallest absolute Gasteiger partial charge is 0.354 e. The molecule has 0 aromatic heterocycles. The molecule has 0 fully saturated rings. The van der Waals surface area contributed by atoms with E-state index in [0.29, 0.717) is 12.1 Å². The van der Waals surface area contributed by atoms with Crippen molar-refractivity contribution in [3.05, 3.63) is 24.0 Å². The van der Waals surface area contributed by atoms with Crippen molar-refractivity contribution >= 4 is 5.97 Å². The van der Waals surface area contributed by atoms with Crippen LogP contribution in [0, 0.1) is 0 Å². The van der Waals surface area contributed by atoms with Crippen LogP contribution in [0.2, 0.25) is 0 Å². The molecule has 72 valence electrons. The van der Waals surface area contributed by atoms with E-state index in [1.54, 1.807) is 12.3 Å². The van der Waals surface area contributed by atoms with Crippen LogP contribution >= 0.6 is 0 Å². The lowest BCUT2D eigenvalue weighted by Crippen LogP contribution is -2.20. The van der Waals surface area contributed by atoms with Gasteiger partial charge in [-0.1, -0.05) is 6.08 Å². The minimum Gasteiger partial charge on any atom is -0.461 e. The first kappa shape index (κ1) is 9.80. The molecule has 0 amide bonds. The van der Waals surface area contributed by atoms with Crippen LogP contribution in [0.15, 0.2) is 24.0 Å². The summed E-state index contributed by atoms with van der Waals surface area (Å²) in [7, 11) is 0. The molecule has 4 heteroatoms. The molecular weight excluding hydrogens is 170 g/mol. The zero-order valence-electron chi connectivity index (χ0n) is 7.32. The molecule has 1 rings (SSSR count). The molecule has 0 aliphatic carbocycles. The van der Waals surface area contributed by atoms with Gasteiger partial charge in [0.2, 0.25) is 0 Å². The second kappa shape index (κ2) is 5.37. The Labute approximate surface area is 76.9 Å². The maximum absolute atomic E-state index is 11.2. The maximum Gasteiger partial charge on any atom is 0.354 e. The molecule has 1 aliphatic rings. The third-order valence-corrected chi connectivity index (χ3v) is 1.57. The Morgan fingerprint density at radius 3 is 3.15 bits per heavy atom. The van der Waals surface area contributed by atoms with Gasteiger partial charge in [-0.3, -0.25) is 0 Å². The number of hydrogen-bond donors (Lipinski definition) is 2. The van der Waals surface area contributed by atoms with E-state index >= 15 is 0 Å². The van der Waals surface area contributed by atoms with Crippen LogP contribution in [0.4, 0.5) is 0 Å². The van der Waals surface area contributed by atoms with E-state index in [4.69, 9.17) is 9.84 Å². The third-order valence-electron chi connectivity index (χ3n) is 1.57. The highest BCUT2D eigenvalue weighted by Crippen LogP contribution is 2.02. The van der Waals surface area contributed by atoms with E-state index in [2.05, 4.69) is 5.32 Å². The monoisotopic (exact) mass is 183 g/mol. The Kier molecular flexibility index (Phi) is 4.05. The topological polar surface area (TPSA) is 58.6 Å². The number of hydrogen-bond acceptors (Lipinski definition) is 4. The summed E-state index contributed by atoms with van der Waals surface area (Å²) < 4.78 is 4.86. The molecule has 0 saturated heterocycles. The number of aliphatic hydroxyl groups is 1. The van der Waals surface area contributed by atoms with Crippen LogP contribution in [-0.4, -0.2) is 24.3 Å². The van der Waals surface area contributed by atoms with Crippen molar-refractivity contribution in [1.82, 2.24) is 5.32 Å². The summed E-state index contributed by atoms with van der Waals surface area (Å²) in [5.74, 6) is -0.363. The van der Waals surface area contributed by atoms with Gasteiger partial charge < -0.3 is 15.2 Å². The highest BCUT2D eigenvalue weighted by Gasteiger charge is 2.09. The summed E-state index contributed by atoms with van der Waals surface area (Å²) in [4.78, 5) is 11.2. The number of allylic oxidation sites excluding steroid dienone is 2. The highest BCUT2D eigenvalue weighted by atomic mass is 16.5. The number of aliphatic hydroxyl groups excluding tert-OH is 1. The minimum atomic E-state index is -0.363. The summed E-state index contributed by atoms with van der Waals surface area (Å²) in [6, 6.07) is 0. The van der Waals surface area contributed by atoms with Crippen molar-refractivity contribution in [3.63, 3.8) is 0 Å². The van der Waals surface area contributed by atoms with E-state index in [9.17, 15) is 4.79 Å². The molecule has 0 unspecified atom stereocenters. The molecule has 1 heterocycles. The third kappa shape index (κ3) is 3.29. The fraction of sp³-hybridized carbons (Fsp3) is 0.444. The van der Waals surface area contributed by atoms with Gasteiger partial charge in [-0.15, -0.1) is 0 Å². The number of esters is 1. The Morgan fingerprint density at radius 2 is 2.54 bits per heavy atom. The van der Waals surface area contributed by atoms with Crippen molar-refractivity contribution in [2.75, 3.05) is 13.2 Å². The van der Waals surface area contributed by atoms with Gasteiger partial charge >= 0.3 is 5.97 Å². The summed E-state index contributed by atoms with van der Waals surface area (Å²) in [5.41, 5.74) is 0.473. The van der Waals surface area contributed by atoms with Crippen molar-refractivity contribution < 1.29 is 14.6 Å². The van der Waals surface area contributed by atoms with Crippen LogP contribution < -0.4 is 5.32 Å². The lowest BCUT2D eigenvalue weighted by atomic mass is 10.2. The van der Waals surface area contributed by atoms with Gasteiger partial charge in [-0.2, -0.15) is 0 Å². The number of ether oxygens (including phenoxy) is 1. The van der Waals surface area contributed by atoms with Crippen LogP contribution in [0.25, 0.3) is 0 Å². The van der Waals surface area contributed by atoms with E-state index in [1.807, 2.05) is 6.08 Å². The van der Waals surface area contributed by atoms with Crippen LogP contribution in [-0.2, 0) is 9.53 Å². The molecule has 2 N–H and O–H groups in total. The predicted octanol–water partition coefficient (Wildman–Crippen LogP) is 0.303. The lowest BCUT2D eigenvalue weighted by molar-refractivity contribution is -0.139. The summed E-state index contributed by atoms with van der Waals surface area (Å²) in [6.45, 7) is 0.303. The Bertz CT molecular complexity index is 233. The zero-order valence-corrected chi connectivity index (χ0v) is 7.32. The molecule has 0 aromatic carbocycles. The zero-order chi connectivity index (χ0) is 9.52. The van der Waals surface area contributed by atoms with Crippen LogP contribution in [0.3, 0.4) is 0 Å². The van der Waals surface area contributed by atoms with Crippen molar-refractivity contribution in [1.29, 1.82) is 0 Å². The first-order valence-corrected chi connectivity index (χ1v) is 4.24. The Morgan fingerprint density at radius 1 is 1.69 bits per heavy atom. The van der Waals surface area contributed by atoms with Gasteiger partial charge in [0.25, 0.3) is 0 Å². The second-order valence-electron chi connectivity index (χ2n) is 2.61. The molecule has 0 aromatic rings. The number of rotatable bonds is 4.